The summed E-state index contributed by atoms with van der Waals surface area (Å²) < 4.78 is 5.78. The average molecular weight is 322 g/mol. The van der Waals surface area contributed by atoms with Crippen LogP contribution < -0.4 is 5.32 Å². The molecule has 0 aliphatic carbocycles. The standard InChI is InChI=1S/C20H22N2O2/c1-14-16-11-7-8-12-18(16)24-19(14)20(23)21-17(13-22(2)3)15-9-5-4-6-10-15/h4-12,17H,13H2,1-3H3,(H,21,23)/t17-/m1/s1. The number of hydrogen-bond donors (Lipinski definition) is 1. The average Bonchev–Trinajstić information content (AvgIpc) is 2.92. The predicted octanol–water partition coefficient (Wildman–Crippen LogP) is 3.77. The molecule has 0 aliphatic rings. The summed E-state index contributed by atoms with van der Waals surface area (Å²) in [7, 11) is 3.99. The second-order valence-corrected chi connectivity index (χ2v) is 6.25. The van der Waals surface area contributed by atoms with Gasteiger partial charge in [0.15, 0.2) is 5.76 Å². The third-order valence-electron chi connectivity index (χ3n) is 4.10. The maximum atomic E-state index is 12.8. The lowest BCUT2D eigenvalue weighted by atomic mass is 10.1. The number of aryl methyl sites for hydroxylation is 1. The largest absolute Gasteiger partial charge is 0.451 e. The molecule has 4 heteroatoms. The molecule has 1 amide bonds. The Morgan fingerprint density at radius 2 is 1.75 bits per heavy atom. The summed E-state index contributed by atoms with van der Waals surface area (Å²) in [5.74, 6) is 0.204. The first-order chi connectivity index (χ1) is 11.6. The molecule has 0 radical (unpaired) electrons. The minimum Gasteiger partial charge on any atom is -0.451 e. The van der Waals surface area contributed by atoms with E-state index in [2.05, 4.69) is 10.2 Å². The number of likely N-dealkylation sites (N-methyl/N-ethyl adjacent to an activating group) is 1. The van der Waals surface area contributed by atoms with Gasteiger partial charge in [-0.3, -0.25) is 4.79 Å². The van der Waals surface area contributed by atoms with Gasteiger partial charge < -0.3 is 14.6 Å². The van der Waals surface area contributed by atoms with E-state index in [1.807, 2.05) is 75.6 Å². The number of carbonyl (C=O) groups is 1. The molecule has 124 valence electrons. The Balaban J connectivity index is 1.88. The first-order valence-corrected chi connectivity index (χ1v) is 8.05. The molecule has 1 atom stereocenters. The molecule has 2 aromatic carbocycles. The smallest absolute Gasteiger partial charge is 0.287 e. The molecule has 0 spiro atoms. The Hall–Kier alpha value is -2.59. The summed E-state index contributed by atoms with van der Waals surface area (Å²) in [5.41, 5.74) is 2.69. The summed E-state index contributed by atoms with van der Waals surface area (Å²) in [5, 5.41) is 4.09. The van der Waals surface area contributed by atoms with Gasteiger partial charge >= 0.3 is 0 Å². The lowest BCUT2D eigenvalue weighted by Crippen LogP contribution is -2.35. The number of carbonyl (C=O) groups excluding carboxylic acids is 1. The van der Waals surface area contributed by atoms with Crippen molar-refractivity contribution in [1.29, 1.82) is 0 Å². The van der Waals surface area contributed by atoms with Crippen LogP contribution in [0.4, 0.5) is 0 Å². The molecule has 0 bridgehead atoms. The molecule has 3 aromatic rings. The number of benzene rings is 2. The quantitative estimate of drug-likeness (QED) is 0.777. The molecule has 0 saturated carbocycles. The highest BCUT2D eigenvalue weighted by atomic mass is 16.3. The van der Waals surface area contributed by atoms with Gasteiger partial charge in [-0.1, -0.05) is 48.5 Å². The number of rotatable bonds is 5. The van der Waals surface area contributed by atoms with E-state index in [9.17, 15) is 4.79 Å². The third kappa shape index (κ3) is 3.34. The monoisotopic (exact) mass is 322 g/mol. The molecule has 1 heterocycles. The minimum atomic E-state index is -0.181. The molecular weight excluding hydrogens is 300 g/mol. The summed E-state index contributed by atoms with van der Waals surface area (Å²) in [6, 6.07) is 17.6. The van der Waals surface area contributed by atoms with Gasteiger partial charge in [0.25, 0.3) is 5.91 Å². The molecule has 24 heavy (non-hydrogen) atoms. The lowest BCUT2D eigenvalue weighted by Gasteiger charge is -2.22. The number of nitrogens with zero attached hydrogens (tertiary/aromatic N) is 1. The van der Waals surface area contributed by atoms with Crippen LogP contribution in [-0.4, -0.2) is 31.4 Å². The zero-order chi connectivity index (χ0) is 17.1. The van der Waals surface area contributed by atoms with Gasteiger partial charge in [0, 0.05) is 17.5 Å². The van der Waals surface area contributed by atoms with Gasteiger partial charge in [-0.25, -0.2) is 0 Å². The van der Waals surface area contributed by atoms with Crippen LogP contribution in [0.5, 0.6) is 0 Å². The van der Waals surface area contributed by atoms with E-state index in [0.29, 0.717) is 5.76 Å². The van der Waals surface area contributed by atoms with E-state index in [0.717, 1.165) is 28.6 Å². The van der Waals surface area contributed by atoms with Gasteiger partial charge in [0.2, 0.25) is 0 Å². The fourth-order valence-electron chi connectivity index (χ4n) is 2.90. The normalized spacial score (nSPS) is 12.5. The van der Waals surface area contributed by atoms with Crippen molar-refractivity contribution in [2.75, 3.05) is 20.6 Å². The van der Waals surface area contributed by atoms with Crippen LogP contribution >= 0.6 is 0 Å². The van der Waals surface area contributed by atoms with E-state index >= 15 is 0 Å². The molecule has 3 rings (SSSR count). The molecule has 0 aliphatic heterocycles. The highest BCUT2D eigenvalue weighted by Crippen LogP contribution is 2.25. The van der Waals surface area contributed by atoms with Gasteiger partial charge in [-0.15, -0.1) is 0 Å². The van der Waals surface area contributed by atoms with Crippen LogP contribution in [0.2, 0.25) is 0 Å². The fourth-order valence-corrected chi connectivity index (χ4v) is 2.90. The second kappa shape index (κ2) is 6.89. The third-order valence-corrected chi connectivity index (χ3v) is 4.10. The van der Waals surface area contributed by atoms with Crippen molar-refractivity contribution in [3.63, 3.8) is 0 Å². The van der Waals surface area contributed by atoms with E-state index < -0.39 is 0 Å². The zero-order valence-corrected chi connectivity index (χ0v) is 14.2. The molecule has 4 nitrogen and oxygen atoms in total. The highest BCUT2D eigenvalue weighted by molar-refractivity contribution is 5.99. The van der Waals surface area contributed by atoms with Crippen LogP contribution in [0.25, 0.3) is 11.0 Å². The first kappa shape index (κ1) is 16.3. The maximum absolute atomic E-state index is 12.8. The summed E-state index contributed by atoms with van der Waals surface area (Å²) >= 11 is 0. The number of hydrogen-bond acceptors (Lipinski definition) is 3. The number of amides is 1. The summed E-state index contributed by atoms with van der Waals surface area (Å²) in [6.07, 6.45) is 0. The Morgan fingerprint density at radius 1 is 1.08 bits per heavy atom. The Labute approximate surface area is 142 Å². The molecule has 1 N–H and O–H groups in total. The van der Waals surface area contributed by atoms with Crippen molar-refractivity contribution in [3.8, 4) is 0 Å². The minimum absolute atomic E-state index is 0.0960. The zero-order valence-electron chi connectivity index (χ0n) is 14.2. The van der Waals surface area contributed by atoms with Crippen LogP contribution in [0.3, 0.4) is 0 Å². The van der Waals surface area contributed by atoms with Crippen LogP contribution in [0.1, 0.15) is 27.7 Å². The number of nitrogens with one attached hydrogen (secondary N) is 1. The fraction of sp³-hybridized carbons (Fsp3) is 0.250. The second-order valence-electron chi connectivity index (χ2n) is 6.25. The number of furan rings is 1. The van der Waals surface area contributed by atoms with Gasteiger partial charge in [0.1, 0.15) is 5.58 Å². The predicted molar refractivity (Wildman–Crippen MR) is 96.2 cm³/mol. The van der Waals surface area contributed by atoms with E-state index in [1.165, 1.54) is 0 Å². The maximum Gasteiger partial charge on any atom is 0.287 e. The van der Waals surface area contributed by atoms with E-state index in [1.54, 1.807) is 0 Å². The van der Waals surface area contributed by atoms with Crippen molar-refractivity contribution < 1.29 is 9.21 Å². The topological polar surface area (TPSA) is 45.5 Å². The Kier molecular flexibility index (Phi) is 4.67. The van der Waals surface area contributed by atoms with Crippen molar-refractivity contribution >= 4 is 16.9 Å². The van der Waals surface area contributed by atoms with Crippen LogP contribution in [0, 0.1) is 6.92 Å². The Morgan fingerprint density at radius 3 is 2.42 bits per heavy atom. The molecule has 0 saturated heterocycles. The Bertz CT molecular complexity index is 837. The molecule has 0 unspecified atom stereocenters. The van der Waals surface area contributed by atoms with E-state index in [4.69, 9.17) is 4.42 Å². The van der Waals surface area contributed by atoms with E-state index in [-0.39, 0.29) is 11.9 Å². The van der Waals surface area contributed by atoms with Gasteiger partial charge in [-0.05, 0) is 32.6 Å². The highest BCUT2D eigenvalue weighted by Gasteiger charge is 2.21. The van der Waals surface area contributed by atoms with Crippen molar-refractivity contribution in [1.82, 2.24) is 10.2 Å². The van der Waals surface area contributed by atoms with Crippen molar-refractivity contribution in [2.45, 2.75) is 13.0 Å². The summed E-state index contributed by atoms with van der Waals surface area (Å²) in [4.78, 5) is 14.8. The van der Waals surface area contributed by atoms with Gasteiger partial charge in [0.05, 0.1) is 6.04 Å². The number of para-hydroxylation sites is 1. The van der Waals surface area contributed by atoms with Crippen LogP contribution in [0.15, 0.2) is 59.0 Å². The van der Waals surface area contributed by atoms with Gasteiger partial charge in [-0.2, -0.15) is 0 Å². The van der Waals surface area contributed by atoms with Crippen molar-refractivity contribution in [3.05, 3.63) is 71.5 Å². The van der Waals surface area contributed by atoms with Crippen molar-refractivity contribution in [2.24, 2.45) is 0 Å². The molecule has 1 aromatic heterocycles. The lowest BCUT2D eigenvalue weighted by molar-refractivity contribution is 0.0903. The summed E-state index contributed by atoms with van der Waals surface area (Å²) in [6.45, 7) is 2.64. The van der Waals surface area contributed by atoms with Crippen LogP contribution in [-0.2, 0) is 0 Å². The molecule has 0 fully saturated rings. The SMILES string of the molecule is Cc1c(C(=O)N[C@H](CN(C)C)c2ccccc2)oc2ccccc12. The first-order valence-electron chi connectivity index (χ1n) is 8.05. The molecular formula is C20H22N2O2. The number of fused-ring (bicyclic) bond motifs is 1.